The zero-order valence-corrected chi connectivity index (χ0v) is 19.3. The van der Waals surface area contributed by atoms with Gasteiger partial charge in [0.05, 0.1) is 15.1 Å². The molecule has 0 saturated carbocycles. The van der Waals surface area contributed by atoms with Crippen LogP contribution >= 0.6 is 11.3 Å². The molecule has 0 atom stereocenters. The highest BCUT2D eigenvalue weighted by molar-refractivity contribution is 7.89. The van der Waals surface area contributed by atoms with Crippen LogP contribution in [0, 0.1) is 19.8 Å². The number of aromatic nitrogens is 1. The van der Waals surface area contributed by atoms with E-state index in [0.717, 1.165) is 33.7 Å². The van der Waals surface area contributed by atoms with Crippen molar-refractivity contribution < 1.29 is 13.2 Å². The van der Waals surface area contributed by atoms with Crippen molar-refractivity contribution in [2.45, 2.75) is 31.6 Å². The lowest BCUT2D eigenvalue weighted by Gasteiger charge is -2.30. The average Bonchev–Trinajstić information content (AvgIpc) is 3.03. The summed E-state index contributed by atoms with van der Waals surface area (Å²) in [5, 5.41) is 2.98. The van der Waals surface area contributed by atoms with Crippen LogP contribution in [0.25, 0.3) is 10.2 Å². The standard InChI is InChI=1S/C22H25N3O4S2/c1-14-4-6-18(15(2)12-14)23-21(26)16-8-10-25(11-9-16)31(28,29)17-5-7-19-20(13-17)30-22(27)24(19)3/h4-7,12-13,16H,8-11H2,1-3H3,(H,23,26). The summed E-state index contributed by atoms with van der Waals surface area (Å²) in [7, 11) is -2.01. The van der Waals surface area contributed by atoms with E-state index in [4.69, 9.17) is 0 Å². The Kier molecular flexibility index (Phi) is 5.76. The molecule has 0 spiro atoms. The molecular weight excluding hydrogens is 434 g/mol. The summed E-state index contributed by atoms with van der Waals surface area (Å²) < 4.78 is 29.8. The molecule has 9 heteroatoms. The molecule has 1 amide bonds. The highest BCUT2D eigenvalue weighted by Gasteiger charge is 2.32. The molecule has 1 fully saturated rings. The topological polar surface area (TPSA) is 88.5 Å². The van der Waals surface area contributed by atoms with Crippen LogP contribution < -0.4 is 10.2 Å². The summed E-state index contributed by atoms with van der Waals surface area (Å²) in [6, 6.07) is 10.7. The molecule has 0 radical (unpaired) electrons. The summed E-state index contributed by atoms with van der Waals surface area (Å²) >= 11 is 1.03. The van der Waals surface area contributed by atoms with Crippen LogP contribution in [0.5, 0.6) is 0 Å². The molecule has 0 unspecified atom stereocenters. The van der Waals surface area contributed by atoms with Crippen LogP contribution in [0.1, 0.15) is 24.0 Å². The molecule has 31 heavy (non-hydrogen) atoms. The third kappa shape index (κ3) is 4.17. The fraction of sp³-hybridized carbons (Fsp3) is 0.364. The number of piperidine rings is 1. The van der Waals surface area contributed by atoms with Crippen molar-refractivity contribution in [2.24, 2.45) is 13.0 Å². The Morgan fingerprint density at radius 1 is 1.10 bits per heavy atom. The van der Waals surface area contributed by atoms with Crippen LogP contribution in [0.15, 0.2) is 46.1 Å². The van der Waals surface area contributed by atoms with Gasteiger partial charge in [0.25, 0.3) is 0 Å². The molecule has 1 N–H and O–H groups in total. The summed E-state index contributed by atoms with van der Waals surface area (Å²) in [5.41, 5.74) is 3.65. The van der Waals surface area contributed by atoms with Crippen molar-refractivity contribution in [1.82, 2.24) is 8.87 Å². The number of thiazole rings is 1. The van der Waals surface area contributed by atoms with Crippen molar-refractivity contribution in [3.63, 3.8) is 0 Å². The third-order valence-electron chi connectivity index (χ3n) is 5.87. The monoisotopic (exact) mass is 459 g/mol. The van der Waals surface area contributed by atoms with Gasteiger partial charge in [0.2, 0.25) is 15.9 Å². The average molecular weight is 460 g/mol. The SMILES string of the molecule is Cc1ccc(NC(=O)C2CCN(S(=O)(=O)c3ccc4c(c3)sc(=O)n4C)CC2)c(C)c1. The molecule has 164 valence electrons. The lowest BCUT2D eigenvalue weighted by atomic mass is 9.97. The van der Waals surface area contributed by atoms with Gasteiger partial charge in [-0.1, -0.05) is 29.0 Å². The fourth-order valence-corrected chi connectivity index (χ4v) is 6.46. The molecule has 0 bridgehead atoms. The number of amides is 1. The first-order chi connectivity index (χ1) is 14.7. The largest absolute Gasteiger partial charge is 0.326 e. The Morgan fingerprint density at radius 3 is 2.48 bits per heavy atom. The van der Waals surface area contributed by atoms with E-state index in [1.54, 1.807) is 25.2 Å². The molecule has 2 aromatic carbocycles. The molecule has 1 aromatic heterocycles. The molecule has 3 aromatic rings. The lowest BCUT2D eigenvalue weighted by Crippen LogP contribution is -2.41. The van der Waals surface area contributed by atoms with E-state index < -0.39 is 10.0 Å². The third-order valence-corrected chi connectivity index (χ3v) is 8.76. The van der Waals surface area contributed by atoms with Gasteiger partial charge in [0.1, 0.15) is 0 Å². The fourth-order valence-electron chi connectivity index (χ4n) is 3.97. The van der Waals surface area contributed by atoms with Crippen molar-refractivity contribution in [3.05, 3.63) is 57.2 Å². The van der Waals surface area contributed by atoms with Gasteiger partial charge in [-0.3, -0.25) is 9.59 Å². The maximum atomic E-state index is 13.1. The lowest BCUT2D eigenvalue weighted by molar-refractivity contribution is -0.120. The molecule has 0 aliphatic carbocycles. The van der Waals surface area contributed by atoms with Gasteiger partial charge in [-0.15, -0.1) is 0 Å². The number of hydrogen-bond donors (Lipinski definition) is 1. The van der Waals surface area contributed by atoms with Gasteiger partial charge in [-0.05, 0) is 56.5 Å². The normalized spacial score (nSPS) is 16.0. The number of sulfonamides is 1. The smallest absolute Gasteiger partial charge is 0.307 e. The predicted octanol–water partition coefficient (Wildman–Crippen LogP) is 3.26. The number of anilines is 1. The van der Waals surface area contributed by atoms with Crippen LogP contribution in [0.4, 0.5) is 5.69 Å². The Morgan fingerprint density at radius 2 is 1.81 bits per heavy atom. The Hall–Kier alpha value is -2.49. The zero-order chi connectivity index (χ0) is 22.3. The summed E-state index contributed by atoms with van der Waals surface area (Å²) in [5.74, 6) is -0.298. The summed E-state index contributed by atoms with van der Waals surface area (Å²) in [4.78, 5) is 24.6. The molecule has 4 rings (SSSR count). The number of aryl methyl sites for hydroxylation is 3. The van der Waals surface area contributed by atoms with E-state index in [-0.39, 0.29) is 34.7 Å². The first-order valence-electron chi connectivity index (χ1n) is 10.1. The number of nitrogens with one attached hydrogen (secondary N) is 1. The molecule has 1 saturated heterocycles. The number of benzene rings is 2. The molecule has 1 aliphatic rings. The van der Waals surface area contributed by atoms with Crippen molar-refractivity contribution >= 4 is 43.2 Å². The number of carbonyl (C=O) groups is 1. The second-order valence-electron chi connectivity index (χ2n) is 8.04. The zero-order valence-electron chi connectivity index (χ0n) is 17.7. The first kappa shape index (κ1) is 21.7. The van der Waals surface area contributed by atoms with E-state index in [1.807, 2.05) is 32.0 Å². The number of rotatable bonds is 4. The van der Waals surface area contributed by atoms with E-state index in [2.05, 4.69) is 5.32 Å². The number of nitrogens with zero attached hydrogens (tertiary/aromatic N) is 2. The Bertz CT molecular complexity index is 1320. The maximum Gasteiger partial charge on any atom is 0.307 e. The second kappa shape index (κ2) is 8.22. The molecular formula is C22H25N3O4S2. The van der Waals surface area contributed by atoms with Crippen LogP contribution in [-0.2, 0) is 21.9 Å². The predicted molar refractivity (Wildman–Crippen MR) is 123 cm³/mol. The number of hydrogen-bond acceptors (Lipinski definition) is 5. The maximum absolute atomic E-state index is 13.1. The van der Waals surface area contributed by atoms with Crippen LogP contribution in [0.2, 0.25) is 0 Å². The van der Waals surface area contributed by atoms with Gasteiger partial charge in [-0.2, -0.15) is 4.31 Å². The van der Waals surface area contributed by atoms with E-state index >= 15 is 0 Å². The summed E-state index contributed by atoms with van der Waals surface area (Å²) in [6.45, 7) is 4.54. The first-order valence-corrected chi connectivity index (χ1v) is 12.4. The van der Waals surface area contributed by atoms with E-state index in [9.17, 15) is 18.0 Å². The van der Waals surface area contributed by atoms with Crippen LogP contribution in [0.3, 0.4) is 0 Å². The Balaban J connectivity index is 1.45. The molecule has 2 heterocycles. The number of carbonyl (C=O) groups excluding carboxylic acids is 1. The number of fused-ring (bicyclic) bond motifs is 1. The van der Waals surface area contributed by atoms with Gasteiger partial charge >= 0.3 is 4.87 Å². The van der Waals surface area contributed by atoms with Crippen molar-refractivity contribution in [1.29, 1.82) is 0 Å². The molecule has 7 nitrogen and oxygen atoms in total. The van der Waals surface area contributed by atoms with Crippen LogP contribution in [-0.4, -0.2) is 36.3 Å². The highest BCUT2D eigenvalue weighted by atomic mass is 32.2. The Labute approximate surface area is 185 Å². The van der Waals surface area contributed by atoms with Gasteiger partial charge < -0.3 is 9.88 Å². The van der Waals surface area contributed by atoms with Crippen molar-refractivity contribution in [2.75, 3.05) is 18.4 Å². The van der Waals surface area contributed by atoms with E-state index in [1.165, 1.54) is 8.87 Å². The highest BCUT2D eigenvalue weighted by Crippen LogP contribution is 2.28. The minimum atomic E-state index is -3.68. The van der Waals surface area contributed by atoms with Crippen molar-refractivity contribution in [3.8, 4) is 0 Å². The second-order valence-corrected chi connectivity index (χ2v) is 11.0. The quantitative estimate of drug-likeness (QED) is 0.649. The van der Waals surface area contributed by atoms with Gasteiger partial charge in [-0.25, -0.2) is 8.42 Å². The van der Waals surface area contributed by atoms with Gasteiger partial charge in [0, 0.05) is 31.7 Å². The minimum Gasteiger partial charge on any atom is -0.326 e. The minimum absolute atomic E-state index is 0.0699. The van der Waals surface area contributed by atoms with E-state index in [0.29, 0.717) is 17.5 Å². The van der Waals surface area contributed by atoms with Gasteiger partial charge in [0.15, 0.2) is 0 Å². The summed E-state index contributed by atoms with van der Waals surface area (Å²) in [6.07, 6.45) is 0.938. The molecule has 1 aliphatic heterocycles.